The standard InChI is InChI=1S/C33H56O2/c1-9-33(10-2)29-17-14-25-27-16-15-26(23(5)13-11-12-22(3)4)31(27,7)20-18-28(25)32(29,8)21-19-30(33)35-24(6)34/h17,22-23,25-28,30H,9-16,18-21H2,1-8H3/t23-,25+,26-,27+,28+,30?,31-,32-/m1/s1. The van der Waals surface area contributed by atoms with Crippen molar-refractivity contribution in [1.82, 2.24) is 0 Å². The molecular formula is C33H56O2. The van der Waals surface area contributed by atoms with E-state index in [1.165, 1.54) is 57.8 Å². The van der Waals surface area contributed by atoms with Crippen LogP contribution in [0.25, 0.3) is 0 Å². The van der Waals surface area contributed by atoms with Crippen LogP contribution in [0.1, 0.15) is 132 Å². The molecule has 0 aromatic heterocycles. The van der Waals surface area contributed by atoms with E-state index < -0.39 is 0 Å². The van der Waals surface area contributed by atoms with Crippen molar-refractivity contribution in [3.05, 3.63) is 11.6 Å². The first-order chi connectivity index (χ1) is 16.5. The number of hydrogen-bond donors (Lipinski definition) is 0. The van der Waals surface area contributed by atoms with Crippen LogP contribution in [0.4, 0.5) is 0 Å². The number of ether oxygens (including phenoxy) is 1. The fourth-order valence-corrected chi connectivity index (χ4v) is 10.5. The summed E-state index contributed by atoms with van der Waals surface area (Å²) in [5.74, 6) is 5.09. The molecule has 0 spiro atoms. The third-order valence-electron chi connectivity index (χ3n) is 12.3. The molecule has 2 nitrogen and oxygen atoms in total. The number of esters is 1. The lowest BCUT2D eigenvalue weighted by atomic mass is 9.43. The molecule has 2 heteroatoms. The van der Waals surface area contributed by atoms with E-state index in [-0.39, 0.29) is 22.9 Å². The normalized spacial score (nSPS) is 40.9. The molecule has 0 bridgehead atoms. The molecule has 35 heavy (non-hydrogen) atoms. The highest BCUT2D eigenvalue weighted by Crippen LogP contribution is 2.70. The molecule has 200 valence electrons. The quantitative estimate of drug-likeness (QED) is 0.253. The van der Waals surface area contributed by atoms with E-state index in [4.69, 9.17) is 4.74 Å². The summed E-state index contributed by atoms with van der Waals surface area (Å²) in [6.45, 7) is 18.9. The number of allylic oxidation sites excluding steroid dienone is 1. The van der Waals surface area contributed by atoms with E-state index >= 15 is 0 Å². The summed E-state index contributed by atoms with van der Waals surface area (Å²) in [5, 5.41) is 0. The number of carbonyl (C=O) groups is 1. The van der Waals surface area contributed by atoms with Gasteiger partial charge in [-0.3, -0.25) is 4.79 Å². The summed E-state index contributed by atoms with van der Waals surface area (Å²) in [6.07, 6.45) is 18.4. The van der Waals surface area contributed by atoms with Gasteiger partial charge in [-0.05, 0) is 104 Å². The zero-order valence-electron chi connectivity index (χ0n) is 24.4. The molecule has 3 saturated carbocycles. The first kappa shape index (κ1) is 27.3. The Morgan fingerprint density at radius 3 is 2.34 bits per heavy atom. The van der Waals surface area contributed by atoms with E-state index in [0.717, 1.165) is 54.8 Å². The van der Waals surface area contributed by atoms with Crippen molar-refractivity contribution in [3.8, 4) is 0 Å². The maximum Gasteiger partial charge on any atom is 0.302 e. The number of hydrogen-bond acceptors (Lipinski definition) is 2. The van der Waals surface area contributed by atoms with Crippen molar-refractivity contribution >= 4 is 5.97 Å². The minimum absolute atomic E-state index is 0.0352. The minimum Gasteiger partial charge on any atom is -0.462 e. The van der Waals surface area contributed by atoms with Crippen LogP contribution >= 0.6 is 0 Å². The maximum absolute atomic E-state index is 12.0. The molecule has 0 amide bonds. The topological polar surface area (TPSA) is 26.3 Å². The predicted octanol–water partition coefficient (Wildman–Crippen LogP) is 9.38. The highest BCUT2D eigenvalue weighted by atomic mass is 16.5. The summed E-state index contributed by atoms with van der Waals surface area (Å²) in [5.41, 5.74) is 2.54. The first-order valence-corrected chi connectivity index (χ1v) is 15.4. The lowest BCUT2D eigenvalue weighted by molar-refractivity contribution is -0.160. The fourth-order valence-electron chi connectivity index (χ4n) is 10.5. The number of rotatable bonds is 8. The van der Waals surface area contributed by atoms with Crippen molar-refractivity contribution in [2.24, 2.45) is 51.8 Å². The molecule has 0 radical (unpaired) electrons. The van der Waals surface area contributed by atoms with Gasteiger partial charge in [0.2, 0.25) is 0 Å². The van der Waals surface area contributed by atoms with Crippen LogP contribution in [0, 0.1) is 51.8 Å². The van der Waals surface area contributed by atoms with Crippen molar-refractivity contribution in [2.45, 2.75) is 139 Å². The molecule has 0 aliphatic heterocycles. The SMILES string of the molecule is CCC1(CC)C2=CC[C@H]3[C@@H]4CC[C@H]([C@H](C)CCCC(C)C)[C@@]4(C)CC[C@@H]3[C@@]2(C)CCC1OC(C)=O. The van der Waals surface area contributed by atoms with Crippen molar-refractivity contribution < 1.29 is 9.53 Å². The van der Waals surface area contributed by atoms with Gasteiger partial charge < -0.3 is 4.74 Å². The van der Waals surface area contributed by atoms with Gasteiger partial charge in [-0.15, -0.1) is 0 Å². The Morgan fingerprint density at radius 1 is 1.00 bits per heavy atom. The van der Waals surface area contributed by atoms with Gasteiger partial charge in [0.1, 0.15) is 6.10 Å². The molecule has 0 saturated heterocycles. The third-order valence-corrected chi connectivity index (χ3v) is 12.3. The van der Waals surface area contributed by atoms with Gasteiger partial charge in [0.25, 0.3) is 0 Å². The molecule has 0 heterocycles. The van der Waals surface area contributed by atoms with Gasteiger partial charge in [0.15, 0.2) is 0 Å². The average Bonchev–Trinajstić information content (AvgIpc) is 3.16. The van der Waals surface area contributed by atoms with E-state index in [1.54, 1.807) is 12.5 Å². The Bertz CT molecular complexity index is 791. The second-order valence-corrected chi connectivity index (χ2v) is 14.2. The van der Waals surface area contributed by atoms with Gasteiger partial charge in [-0.25, -0.2) is 0 Å². The zero-order chi connectivity index (χ0) is 25.6. The molecular weight excluding hydrogens is 428 g/mol. The number of carbonyl (C=O) groups excluding carboxylic acids is 1. The molecule has 1 unspecified atom stereocenters. The van der Waals surface area contributed by atoms with E-state index in [1.807, 2.05) is 0 Å². The van der Waals surface area contributed by atoms with Crippen molar-refractivity contribution in [3.63, 3.8) is 0 Å². The summed E-state index contributed by atoms with van der Waals surface area (Å²) in [4.78, 5) is 12.0. The van der Waals surface area contributed by atoms with Crippen LogP contribution in [-0.2, 0) is 9.53 Å². The van der Waals surface area contributed by atoms with Crippen molar-refractivity contribution in [2.75, 3.05) is 0 Å². The monoisotopic (exact) mass is 484 g/mol. The van der Waals surface area contributed by atoms with Crippen LogP contribution in [0.2, 0.25) is 0 Å². The van der Waals surface area contributed by atoms with E-state index in [2.05, 4.69) is 54.5 Å². The van der Waals surface area contributed by atoms with Crippen LogP contribution in [0.3, 0.4) is 0 Å². The molecule has 4 rings (SSSR count). The number of fused-ring (bicyclic) bond motifs is 5. The van der Waals surface area contributed by atoms with Gasteiger partial charge in [0, 0.05) is 12.3 Å². The van der Waals surface area contributed by atoms with Crippen molar-refractivity contribution in [1.29, 1.82) is 0 Å². The molecule has 4 aliphatic rings. The van der Waals surface area contributed by atoms with Gasteiger partial charge in [0.05, 0.1) is 0 Å². The lowest BCUT2D eigenvalue weighted by Crippen LogP contribution is -2.56. The largest absolute Gasteiger partial charge is 0.462 e. The molecule has 3 fully saturated rings. The highest BCUT2D eigenvalue weighted by Gasteiger charge is 2.62. The summed E-state index contributed by atoms with van der Waals surface area (Å²) < 4.78 is 6.01. The smallest absolute Gasteiger partial charge is 0.302 e. The van der Waals surface area contributed by atoms with Gasteiger partial charge in [-0.1, -0.05) is 79.4 Å². The van der Waals surface area contributed by atoms with Crippen LogP contribution in [0.5, 0.6) is 0 Å². The van der Waals surface area contributed by atoms with Crippen LogP contribution in [-0.4, -0.2) is 12.1 Å². The lowest BCUT2D eigenvalue weighted by Gasteiger charge is -2.62. The predicted molar refractivity (Wildman–Crippen MR) is 147 cm³/mol. The Hall–Kier alpha value is -0.790. The molecule has 0 aromatic rings. The van der Waals surface area contributed by atoms with Crippen LogP contribution in [0.15, 0.2) is 11.6 Å². The summed E-state index contributed by atoms with van der Waals surface area (Å²) >= 11 is 0. The van der Waals surface area contributed by atoms with Gasteiger partial charge >= 0.3 is 5.97 Å². The Balaban J connectivity index is 1.58. The maximum atomic E-state index is 12.0. The second-order valence-electron chi connectivity index (χ2n) is 14.2. The Kier molecular flexibility index (Phi) is 7.92. The summed E-state index contributed by atoms with van der Waals surface area (Å²) in [6, 6.07) is 0. The summed E-state index contributed by atoms with van der Waals surface area (Å²) in [7, 11) is 0. The average molecular weight is 485 g/mol. The Morgan fingerprint density at radius 2 is 1.71 bits per heavy atom. The third kappa shape index (κ3) is 4.46. The van der Waals surface area contributed by atoms with Gasteiger partial charge in [-0.2, -0.15) is 0 Å². The highest BCUT2D eigenvalue weighted by molar-refractivity contribution is 5.66. The van der Waals surface area contributed by atoms with E-state index in [0.29, 0.717) is 5.41 Å². The molecule has 8 atom stereocenters. The molecule has 0 aromatic carbocycles. The molecule has 0 N–H and O–H groups in total. The minimum atomic E-state index is -0.105. The molecule has 4 aliphatic carbocycles. The van der Waals surface area contributed by atoms with Crippen LogP contribution < -0.4 is 0 Å². The Labute approximate surface area is 217 Å². The van der Waals surface area contributed by atoms with E-state index in [9.17, 15) is 4.79 Å². The first-order valence-electron chi connectivity index (χ1n) is 15.4. The second kappa shape index (κ2) is 10.2. The fraction of sp³-hybridized carbons (Fsp3) is 0.909. The zero-order valence-corrected chi connectivity index (χ0v) is 24.4.